The highest BCUT2D eigenvalue weighted by Gasteiger charge is 2.19. The lowest BCUT2D eigenvalue weighted by Crippen LogP contribution is -3.14. The predicted octanol–water partition coefficient (Wildman–Crippen LogP) is 1.67. The molecular weight excluding hydrogens is 458 g/mol. The Morgan fingerprint density at radius 2 is 1.66 bits per heavy atom. The summed E-state index contributed by atoms with van der Waals surface area (Å²) >= 11 is 0. The first-order chi connectivity index (χ1) is 16.5. The molecule has 0 amide bonds. The van der Waals surface area contributed by atoms with Crippen LogP contribution in [-0.2, 0) is 0 Å². The molecule has 0 spiro atoms. The summed E-state index contributed by atoms with van der Waals surface area (Å²) in [7, 11) is 0. The van der Waals surface area contributed by atoms with E-state index in [2.05, 4.69) is 26.0 Å². The summed E-state index contributed by atoms with van der Waals surface area (Å²) < 4.78 is 6.02. The van der Waals surface area contributed by atoms with Crippen LogP contribution in [0.15, 0.2) is 66.7 Å². The smallest absolute Gasteiger partial charge is 0.186 e. The Balaban J connectivity index is 0.00000342. The number of quaternary nitrogens is 1. The summed E-state index contributed by atoms with van der Waals surface area (Å²) in [4.78, 5) is 14.5. The van der Waals surface area contributed by atoms with E-state index < -0.39 is 6.10 Å². The van der Waals surface area contributed by atoms with Crippen LogP contribution >= 0.6 is 0 Å². The van der Waals surface area contributed by atoms with Gasteiger partial charge in [0.05, 0.1) is 13.1 Å². The number of benzene rings is 3. The maximum Gasteiger partial charge on any atom is 0.186 e. The summed E-state index contributed by atoms with van der Waals surface area (Å²) in [5, 5.41) is 12.2. The number of ketones is 1. The van der Waals surface area contributed by atoms with Crippen LogP contribution in [0.4, 0.5) is 0 Å². The molecule has 4 rings (SSSR count). The second-order valence-electron chi connectivity index (χ2n) is 9.66. The van der Waals surface area contributed by atoms with E-state index in [1.807, 2.05) is 54.6 Å². The van der Waals surface area contributed by atoms with E-state index >= 15 is 0 Å². The fraction of sp³-hybridized carbons (Fsp3) is 0.367. The Kier molecular flexibility index (Phi) is 9.91. The van der Waals surface area contributed by atoms with E-state index in [0.29, 0.717) is 17.2 Å². The van der Waals surface area contributed by atoms with Gasteiger partial charge >= 0.3 is 0 Å². The number of halogens is 1. The van der Waals surface area contributed by atoms with Gasteiger partial charge in [-0.1, -0.05) is 68.5 Å². The zero-order valence-electron chi connectivity index (χ0n) is 20.7. The van der Waals surface area contributed by atoms with Crippen molar-refractivity contribution in [3.63, 3.8) is 0 Å². The zero-order chi connectivity index (χ0) is 23.9. The first kappa shape index (κ1) is 26.9. The summed E-state index contributed by atoms with van der Waals surface area (Å²) in [6.45, 7) is 7.58. The largest absolute Gasteiger partial charge is 1.00 e. The lowest BCUT2D eigenvalue weighted by atomic mass is 9.99. The highest BCUT2D eigenvalue weighted by Crippen LogP contribution is 2.29. The van der Waals surface area contributed by atoms with Crippen molar-refractivity contribution in [3.8, 4) is 5.75 Å². The number of piperidine rings is 1. The van der Waals surface area contributed by atoms with Gasteiger partial charge in [0.1, 0.15) is 25.0 Å². The van der Waals surface area contributed by atoms with Gasteiger partial charge in [0.15, 0.2) is 5.78 Å². The van der Waals surface area contributed by atoms with E-state index in [1.165, 1.54) is 29.7 Å². The van der Waals surface area contributed by atoms with E-state index in [-0.39, 0.29) is 24.8 Å². The molecule has 186 valence electrons. The standard InChI is InChI=1S/C30H35NO3.ClH/c1-22(2)24-13-10-23(11-14-24)12-16-29(33)27-15-17-30(28-9-5-4-8-26(27)28)34-21-25(32)20-31-18-6-3-7-19-31;/h4-5,8-17,22,25,32H,3,6-7,18-21H2,1-2H3;1H/b16-12+;. The quantitative estimate of drug-likeness (QED) is 0.352. The second-order valence-corrected chi connectivity index (χ2v) is 9.66. The van der Waals surface area contributed by atoms with Gasteiger partial charge < -0.3 is 27.2 Å². The third kappa shape index (κ3) is 7.17. The number of hydrogen-bond donors (Lipinski definition) is 2. The number of ether oxygens (including phenoxy) is 1. The van der Waals surface area contributed by atoms with Gasteiger partial charge in [-0.05, 0) is 59.9 Å². The molecule has 0 bridgehead atoms. The SMILES string of the molecule is CC(C)c1ccc(/C=C/C(=O)c2ccc(OCC(O)C[NH+]3CCCCC3)c3ccccc23)cc1.[Cl-]. The van der Waals surface area contributed by atoms with Crippen molar-refractivity contribution in [2.24, 2.45) is 0 Å². The molecule has 4 nitrogen and oxygen atoms in total. The van der Waals surface area contributed by atoms with Crippen LogP contribution in [0.25, 0.3) is 16.8 Å². The molecule has 1 aliphatic rings. The topological polar surface area (TPSA) is 51.0 Å². The Morgan fingerprint density at radius 3 is 2.34 bits per heavy atom. The van der Waals surface area contributed by atoms with Crippen molar-refractivity contribution in [2.75, 3.05) is 26.2 Å². The van der Waals surface area contributed by atoms with Crippen LogP contribution < -0.4 is 22.0 Å². The van der Waals surface area contributed by atoms with Crippen molar-refractivity contribution in [2.45, 2.75) is 45.1 Å². The Morgan fingerprint density at radius 1 is 0.971 bits per heavy atom. The van der Waals surface area contributed by atoms with Gasteiger partial charge in [-0.15, -0.1) is 0 Å². The molecule has 1 saturated heterocycles. The van der Waals surface area contributed by atoms with Gasteiger partial charge in [0.25, 0.3) is 0 Å². The number of carbonyl (C=O) groups is 1. The maximum absolute atomic E-state index is 13.0. The van der Waals surface area contributed by atoms with Crippen molar-refractivity contribution < 1.29 is 31.9 Å². The fourth-order valence-electron chi connectivity index (χ4n) is 4.70. The minimum atomic E-state index is -0.502. The number of hydrogen-bond acceptors (Lipinski definition) is 3. The minimum absolute atomic E-state index is 0. The summed E-state index contributed by atoms with van der Waals surface area (Å²) in [6.07, 6.45) is 6.77. The second kappa shape index (κ2) is 12.9. The van der Waals surface area contributed by atoms with Gasteiger partial charge in [0.2, 0.25) is 0 Å². The molecule has 2 N–H and O–H groups in total. The van der Waals surface area contributed by atoms with Crippen LogP contribution in [0.2, 0.25) is 0 Å². The molecule has 0 aliphatic carbocycles. The van der Waals surface area contributed by atoms with Crippen molar-refractivity contribution >= 4 is 22.6 Å². The summed E-state index contributed by atoms with van der Waals surface area (Å²) in [6, 6.07) is 19.8. The number of aliphatic hydroxyl groups is 1. The molecule has 5 heteroatoms. The predicted molar refractivity (Wildman–Crippen MR) is 139 cm³/mol. The Labute approximate surface area is 215 Å². The van der Waals surface area contributed by atoms with E-state index in [0.717, 1.165) is 36.0 Å². The van der Waals surface area contributed by atoms with Crippen LogP contribution in [0.5, 0.6) is 5.75 Å². The molecule has 0 saturated carbocycles. The molecule has 0 radical (unpaired) electrons. The fourth-order valence-corrected chi connectivity index (χ4v) is 4.70. The number of nitrogens with one attached hydrogen (secondary N) is 1. The third-order valence-electron chi connectivity index (χ3n) is 6.70. The zero-order valence-corrected chi connectivity index (χ0v) is 21.4. The van der Waals surface area contributed by atoms with Crippen molar-refractivity contribution in [3.05, 3.63) is 83.4 Å². The summed E-state index contributed by atoms with van der Waals surface area (Å²) in [5.74, 6) is 1.15. The van der Waals surface area contributed by atoms with Crippen LogP contribution in [0.3, 0.4) is 0 Å². The van der Waals surface area contributed by atoms with Crippen LogP contribution in [0, 0.1) is 0 Å². The van der Waals surface area contributed by atoms with Gasteiger partial charge in [-0.2, -0.15) is 0 Å². The molecule has 1 unspecified atom stereocenters. The molecule has 1 fully saturated rings. The van der Waals surface area contributed by atoms with E-state index in [4.69, 9.17) is 4.74 Å². The Bertz CT molecular complexity index is 1130. The average Bonchev–Trinajstić information content (AvgIpc) is 2.86. The highest BCUT2D eigenvalue weighted by molar-refractivity contribution is 6.15. The highest BCUT2D eigenvalue weighted by atomic mass is 35.5. The minimum Gasteiger partial charge on any atom is -1.00 e. The molecule has 3 aromatic rings. The number of fused-ring (bicyclic) bond motifs is 1. The molecule has 35 heavy (non-hydrogen) atoms. The van der Waals surface area contributed by atoms with Crippen LogP contribution in [0.1, 0.15) is 60.5 Å². The van der Waals surface area contributed by atoms with Gasteiger partial charge in [-0.3, -0.25) is 4.79 Å². The summed E-state index contributed by atoms with van der Waals surface area (Å²) in [5.41, 5.74) is 2.94. The molecule has 3 aromatic carbocycles. The Hall–Kier alpha value is -2.66. The van der Waals surface area contributed by atoms with Crippen LogP contribution in [-0.4, -0.2) is 43.2 Å². The van der Waals surface area contributed by atoms with Gasteiger partial charge in [0, 0.05) is 10.9 Å². The van der Waals surface area contributed by atoms with Crippen molar-refractivity contribution in [1.82, 2.24) is 0 Å². The lowest BCUT2D eigenvalue weighted by molar-refractivity contribution is -0.908. The molecular formula is C30H36ClNO3. The average molecular weight is 494 g/mol. The molecule has 1 heterocycles. The van der Waals surface area contributed by atoms with E-state index in [1.54, 1.807) is 6.08 Å². The number of carbonyl (C=O) groups excluding carboxylic acids is 1. The number of aliphatic hydroxyl groups excluding tert-OH is 1. The maximum atomic E-state index is 13.0. The monoisotopic (exact) mass is 493 g/mol. The first-order valence-electron chi connectivity index (χ1n) is 12.5. The van der Waals surface area contributed by atoms with Crippen molar-refractivity contribution in [1.29, 1.82) is 0 Å². The number of rotatable bonds is 9. The number of likely N-dealkylation sites (tertiary alicyclic amines) is 1. The molecule has 0 aromatic heterocycles. The number of allylic oxidation sites excluding steroid dienone is 1. The lowest BCUT2D eigenvalue weighted by Gasteiger charge is -2.25. The normalized spacial score (nSPS) is 15.3. The molecule has 1 atom stereocenters. The first-order valence-corrected chi connectivity index (χ1v) is 12.5. The molecule has 1 aliphatic heterocycles. The van der Waals surface area contributed by atoms with Gasteiger partial charge in [-0.25, -0.2) is 0 Å². The third-order valence-corrected chi connectivity index (χ3v) is 6.70. The van der Waals surface area contributed by atoms with E-state index in [9.17, 15) is 9.90 Å².